The van der Waals surface area contributed by atoms with E-state index in [2.05, 4.69) is 4.99 Å². The first-order chi connectivity index (χ1) is 5.41. The lowest BCUT2D eigenvalue weighted by Crippen LogP contribution is -1.97. The van der Waals surface area contributed by atoms with Crippen molar-refractivity contribution in [3.8, 4) is 0 Å². The van der Waals surface area contributed by atoms with E-state index in [0.717, 1.165) is 25.8 Å². The summed E-state index contributed by atoms with van der Waals surface area (Å²) in [4.78, 5) is 13.1. The zero-order chi connectivity index (χ0) is 8.36. The van der Waals surface area contributed by atoms with E-state index in [4.69, 9.17) is 5.73 Å². The van der Waals surface area contributed by atoms with Gasteiger partial charge in [-0.2, -0.15) is 0 Å². The van der Waals surface area contributed by atoms with E-state index >= 15 is 0 Å². The van der Waals surface area contributed by atoms with Crippen LogP contribution in [-0.2, 0) is 4.79 Å². The molecular weight excluding hydrogens is 140 g/mol. The van der Waals surface area contributed by atoms with Gasteiger partial charge in [0.1, 0.15) is 0 Å². The summed E-state index contributed by atoms with van der Waals surface area (Å²) in [6.45, 7) is 1.42. The van der Waals surface area contributed by atoms with E-state index in [9.17, 15) is 4.79 Å². The highest BCUT2D eigenvalue weighted by Crippen LogP contribution is 2.01. The smallest absolute Gasteiger partial charge is 0.234 e. The zero-order valence-electron chi connectivity index (χ0n) is 6.88. The lowest BCUT2D eigenvalue weighted by atomic mass is 10.1. The van der Waals surface area contributed by atoms with Crippen LogP contribution < -0.4 is 5.73 Å². The number of rotatable bonds is 7. The second-order valence-corrected chi connectivity index (χ2v) is 2.53. The van der Waals surface area contributed by atoms with Crippen molar-refractivity contribution in [1.29, 1.82) is 0 Å². The summed E-state index contributed by atoms with van der Waals surface area (Å²) in [5.74, 6) is 0. The molecule has 2 N–H and O–H groups in total. The van der Waals surface area contributed by atoms with Gasteiger partial charge < -0.3 is 5.73 Å². The topological polar surface area (TPSA) is 55.4 Å². The van der Waals surface area contributed by atoms with Gasteiger partial charge in [0.25, 0.3) is 0 Å². The van der Waals surface area contributed by atoms with Crippen LogP contribution in [0.1, 0.15) is 32.1 Å². The molecule has 0 amide bonds. The first-order valence-corrected chi connectivity index (χ1v) is 4.15. The van der Waals surface area contributed by atoms with Gasteiger partial charge in [-0.25, -0.2) is 9.79 Å². The molecule has 0 saturated carbocycles. The summed E-state index contributed by atoms with van der Waals surface area (Å²) in [6.07, 6.45) is 7.17. The first-order valence-electron chi connectivity index (χ1n) is 4.15. The molecule has 0 unspecified atom stereocenters. The van der Waals surface area contributed by atoms with Gasteiger partial charge in [-0.05, 0) is 19.4 Å². The van der Waals surface area contributed by atoms with Gasteiger partial charge in [0.2, 0.25) is 6.08 Å². The van der Waals surface area contributed by atoms with Crippen molar-refractivity contribution < 1.29 is 4.79 Å². The fourth-order valence-corrected chi connectivity index (χ4v) is 0.911. The van der Waals surface area contributed by atoms with Crippen LogP contribution >= 0.6 is 0 Å². The summed E-state index contributed by atoms with van der Waals surface area (Å²) in [7, 11) is 0. The Morgan fingerprint density at radius 2 is 1.73 bits per heavy atom. The van der Waals surface area contributed by atoms with Crippen LogP contribution in [-0.4, -0.2) is 19.2 Å². The molecule has 0 bridgehead atoms. The zero-order valence-corrected chi connectivity index (χ0v) is 6.88. The molecule has 3 nitrogen and oxygen atoms in total. The van der Waals surface area contributed by atoms with E-state index < -0.39 is 0 Å². The summed E-state index contributed by atoms with van der Waals surface area (Å²) in [6, 6.07) is 0. The van der Waals surface area contributed by atoms with Gasteiger partial charge in [0.15, 0.2) is 0 Å². The van der Waals surface area contributed by atoms with Crippen molar-refractivity contribution in [3.05, 3.63) is 0 Å². The minimum Gasteiger partial charge on any atom is -0.330 e. The molecule has 11 heavy (non-hydrogen) atoms. The average Bonchev–Trinajstić information content (AvgIpc) is 2.03. The third-order valence-corrected chi connectivity index (χ3v) is 1.54. The monoisotopic (exact) mass is 156 g/mol. The van der Waals surface area contributed by atoms with E-state index in [-0.39, 0.29) is 0 Å². The van der Waals surface area contributed by atoms with E-state index in [1.807, 2.05) is 0 Å². The third-order valence-electron chi connectivity index (χ3n) is 1.54. The maximum Gasteiger partial charge on any atom is 0.234 e. The lowest BCUT2D eigenvalue weighted by Gasteiger charge is -1.96. The van der Waals surface area contributed by atoms with Crippen molar-refractivity contribution >= 4 is 6.08 Å². The van der Waals surface area contributed by atoms with E-state index in [1.54, 1.807) is 0 Å². The molecule has 0 heterocycles. The van der Waals surface area contributed by atoms with E-state index in [0.29, 0.717) is 6.54 Å². The number of nitrogens with zero attached hydrogens (tertiary/aromatic N) is 1. The number of unbranched alkanes of at least 4 members (excludes halogenated alkanes) is 4. The standard InChI is InChI=1S/C8H16N2O/c9-6-4-2-1-3-5-7-10-8-11/h1-7,9H2. The first kappa shape index (κ1) is 10.3. The Kier molecular flexibility index (Phi) is 8.78. The Morgan fingerprint density at radius 1 is 1.09 bits per heavy atom. The van der Waals surface area contributed by atoms with Crippen molar-refractivity contribution in [2.45, 2.75) is 32.1 Å². The maximum absolute atomic E-state index is 9.63. The molecule has 0 fully saturated rings. The normalized spacial score (nSPS) is 9.18. The fraction of sp³-hybridized carbons (Fsp3) is 0.875. The molecule has 0 spiro atoms. The maximum atomic E-state index is 9.63. The molecule has 0 aromatic carbocycles. The number of nitrogens with two attached hydrogens (primary N) is 1. The molecule has 64 valence electrons. The van der Waals surface area contributed by atoms with Crippen molar-refractivity contribution in [2.24, 2.45) is 10.7 Å². The van der Waals surface area contributed by atoms with Crippen molar-refractivity contribution in [2.75, 3.05) is 13.1 Å². The van der Waals surface area contributed by atoms with Crippen LogP contribution in [0.25, 0.3) is 0 Å². The molecule has 0 aliphatic carbocycles. The van der Waals surface area contributed by atoms with Gasteiger partial charge >= 0.3 is 0 Å². The molecule has 0 aromatic heterocycles. The van der Waals surface area contributed by atoms with Crippen molar-refractivity contribution in [1.82, 2.24) is 0 Å². The molecule has 0 radical (unpaired) electrons. The summed E-state index contributed by atoms with van der Waals surface area (Å²) in [5, 5.41) is 0. The number of hydrogen-bond acceptors (Lipinski definition) is 3. The van der Waals surface area contributed by atoms with Gasteiger partial charge in [-0.15, -0.1) is 0 Å². The number of hydrogen-bond donors (Lipinski definition) is 1. The lowest BCUT2D eigenvalue weighted by molar-refractivity contribution is 0.560. The average molecular weight is 156 g/mol. The minimum absolute atomic E-state index is 0.631. The summed E-state index contributed by atoms with van der Waals surface area (Å²) in [5.41, 5.74) is 5.32. The van der Waals surface area contributed by atoms with E-state index in [1.165, 1.54) is 18.9 Å². The fourth-order valence-electron chi connectivity index (χ4n) is 0.911. The van der Waals surface area contributed by atoms with Crippen LogP contribution in [0.3, 0.4) is 0 Å². The molecule has 3 heteroatoms. The van der Waals surface area contributed by atoms with Crippen LogP contribution in [0.5, 0.6) is 0 Å². The molecule has 0 rings (SSSR count). The van der Waals surface area contributed by atoms with Crippen LogP contribution in [0.2, 0.25) is 0 Å². The highest BCUT2D eigenvalue weighted by molar-refractivity contribution is 5.32. The second kappa shape index (κ2) is 9.34. The Balaban J connectivity index is 2.84. The summed E-state index contributed by atoms with van der Waals surface area (Å²) < 4.78 is 0. The molecule has 0 atom stereocenters. The van der Waals surface area contributed by atoms with Crippen LogP contribution in [0, 0.1) is 0 Å². The largest absolute Gasteiger partial charge is 0.330 e. The molecule has 0 aliphatic rings. The minimum atomic E-state index is 0.631. The van der Waals surface area contributed by atoms with Crippen LogP contribution in [0.4, 0.5) is 0 Å². The highest BCUT2D eigenvalue weighted by Gasteiger charge is 1.87. The Hall–Kier alpha value is -0.660. The van der Waals surface area contributed by atoms with Crippen molar-refractivity contribution in [3.63, 3.8) is 0 Å². The number of carbonyl (C=O) groups excluding carboxylic acids is 1. The van der Waals surface area contributed by atoms with Gasteiger partial charge in [-0.1, -0.05) is 19.3 Å². The Bertz CT molecular complexity index is 119. The predicted octanol–water partition coefficient (Wildman–Crippen LogP) is 1.23. The van der Waals surface area contributed by atoms with Crippen LogP contribution in [0.15, 0.2) is 4.99 Å². The highest BCUT2D eigenvalue weighted by atomic mass is 16.1. The quantitative estimate of drug-likeness (QED) is 0.342. The number of isocyanates is 1. The Labute approximate surface area is 67.7 Å². The molecule has 0 saturated heterocycles. The third kappa shape index (κ3) is 9.34. The molecular formula is C8H16N2O. The summed E-state index contributed by atoms with van der Waals surface area (Å²) >= 11 is 0. The van der Waals surface area contributed by atoms with Gasteiger partial charge in [0, 0.05) is 0 Å². The molecule has 0 aliphatic heterocycles. The number of aliphatic imine (C=N–C) groups is 1. The Morgan fingerprint density at radius 3 is 2.36 bits per heavy atom. The SMILES string of the molecule is NCCCCCCCN=C=O. The van der Waals surface area contributed by atoms with Gasteiger partial charge in [0.05, 0.1) is 6.54 Å². The molecule has 0 aromatic rings. The second-order valence-electron chi connectivity index (χ2n) is 2.53. The predicted molar refractivity (Wildman–Crippen MR) is 45.1 cm³/mol. The van der Waals surface area contributed by atoms with Gasteiger partial charge in [-0.3, -0.25) is 0 Å².